The van der Waals surface area contributed by atoms with Crippen molar-refractivity contribution in [3.8, 4) is 22.6 Å². The molecule has 0 saturated carbocycles. The Morgan fingerprint density at radius 2 is 1.69 bits per heavy atom. The lowest BCUT2D eigenvalue weighted by Gasteiger charge is -2.32. The van der Waals surface area contributed by atoms with Crippen LogP contribution < -0.4 is 4.90 Å². The molecule has 0 unspecified atom stereocenters. The largest absolute Gasteiger partial charge is 0.338 e. The fourth-order valence-electron chi connectivity index (χ4n) is 3.56. The molecular weight excluding hydrogens is 364 g/mol. The fourth-order valence-corrected chi connectivity index (χ4v) is 3.56. The molecule has 0 amide bonds. The van der Waals surface area contributed by atoms with E-state index in [1.807, 2.05) is 55.7 Å². The Labute approximate surface area is 168 Å². The van der Waals surface area contributed by atoms with Gasteiger partial charge < -0.3 is 9.80 Å². The van der Waals surface area contributed by atoms with Crippen molar-refractivity contribution < 1.29 is 0 Å². The molecule has 0 bridgehead atoms. The van der Waals surface area contributed by atoms with Gasteiger partial charge in [0.25, 0.3) is 5.78 Å². The maximum Gasteiger partial charge on any atom is 0.252 e. The zero-order valence-corrected chi connectivity index (χ0v) is 16.5. The number of hydrogen-bond donors (Lipinski definition) is 0. The summed E-state index contributed by atoms with van der Waals surface area (Å²) in [5.41, 5.74) is 3.70. The minimum absolute atomic E-state index is 0.582. The maximum atomic E-state index is 4.82. The summed E-state index contributed by atoms with van der Waals surface area (Å²) in [4.78, 5) is 23.0. The molecule has 8 nitrogen and oxygen atoms in total. The van der Waals surface area contributed by atoms with Crippen molar-refractivity contribution in [3.05, 3.63) is 54.5 Å². The third-order valence-electron chi connectivity index (χ3n) is 5.34. The van der Waals surface area contributed by atoms with Crippen LogP contribution in [0.25, 0.3) is 28.4 Å². The predicted octanol–water partition coefficient (Wildman–Crippen LogP) is 2.31. The molecule has 0 radical (unpaired) electrons. The normalized spacial score (nSPS) is 15.2. The number of hydrogen-bond acceptors (Lipinski definition) is 7. The van der Waals surface area contributed by atoms with Gasteiger partial charge in [-0.25, -0.2) is 19.5 Å². The Morgan fingerprint density at radius 1 is 0.897 bits per heavy atom. The summed E-state index contributed by atoms with van der Waals surface area (Å²) in [6, 6.07) is 11.9. The average molecular weight is 386 g/mol. The summed E-state index contributed by atoms with van der Waals surface area (Å²) in [6.07, 6.45) is 3.64. The van der Waals surface area contributed by atoms with Crippen LogP contribution >= 0.6 is 0 Å². The van der Waals surface area contributed by atoms with Crippen molar-refractivity contribution in [2.45, 2.75) is 6.92 Å². The molecule has 0 atom stereocenters. The molecule has 8 heteroatoms. The van der Waals surface area contributed by atoms with E-state index in [1.54, 1.807) is 4.52 Å². The quantitative estimate of drug-likeness (QED) is 0.535. The fraction of sp³-hybridized carbons (Fsp3) is 0.286. The molecule has 1 aliphatic rings. The third-order valence-corrected chi connectivity index (χ3v) is 5.34. The molecule has 4 aromatic rings. The van der Waals surface area contributed by atoms with Crippen molar-refractivity contribution in [2.75, 3.05) is 38.1 Å². The molecule has 3 aromatic heterocycles. The molecule has 0 spiro atoms. The van der Waals surface area contributed by atoms with Crippen LogP contribution in [0.4, 0.5) is 5.95 Å². The van der Waals surface area contributed by atoms with E-state index in [2.05, 4.69) is 36.9 Å². The molecule has 1 saturated heterocycles. The van der Waals surface area contributed by atoms with E-state index in [0.717, 1.165) is 54.6 Å². The first kappa shape index (κ1) is 17.7. The highest BCUT2D eigenvalue weighted by Gasteiger charge is 2.18. The van der Waals surface area contributed by atoms with Gasteiger partial charge >= 0.3 is 0 Å². The molecule has 0 N–H and O–H groups in total. The number of aryl methyl sites for hydroxylation is 1. The number of rotatable bonds is 3. The van der Waals surface area contributed by atoms with Crippen molar-refractivity contribution in [1.82, 2.24) is 34.4 Å². The summed E-state index contributed by atoms with van der Waals surface area (Å²) in [6.45, 7) is 5.91. The first-order valence-corrected chi connectivity index (χ1v) is 9.74. The van der Waals surface area contributed by atoms with Gasteiger partial charge in [-0.2, -0.15) is 4.98 Å². The van der Waals surface area contributed by atoms with Gasteiger partial charge in [0.1, 0.15) is 0 Å². The maximum absolute atomic E-state index is 4.82. The van der Waals surface area contributed by atoms with E-state index in [-0.39, 0.29) is 0 Å². The van der Waals surface area contributed by atoms with E-state index < -0.39 is 0 Å². The van der Waals surface area contributed by atoms with Crippen LogP contribution in [-0.2, 0) is 0 Å². The van der Waals surface area contributed by atoms with E-state index >= 15 is 0 Å². The van der Waals surface area contributed by atoms with Gasteiger partial charge in [0.2, 0.25) is 5.95 Å². The third kappa shape index (κ3) is 3.31. The van der Waals surface area contributed by atoms with Crippen LogP contribution in [0.2, 0.25) is 0 Å². The van der Waals surface area contributed by atoms with Crippen molar-refractivity contribution in [3.63, 3.8) is 0 Å². The Hall–Kier alpha value is -3.39. The number of anilines is 1. The zero-order chi connectivity index (χ0) is 19.8. The molecule has 29 heavy (non-hydrogen) atoms. The standard InChI is InChI=1S/C21H22N8/c1-15-17(18-8-9-22-20(24-18)28-12-10-27(2)11-13-28)14-23-21-25-19(26-29(15)21)16-6-4-3-5-7-16/h3-9,14H,10-13H2,1-2H3. The first-order valence-electron chi connectivity index (χ1n) is 9.74. The highest BCUT2D eigenvalue weighted by atomic mass is 15.3. The summed E-state index contributed by atoms with van der Waals surface area (Å²) in [5, 5.41) is 4.67. The zero-order valence-electron chi connectivity index (χ0n) is 16.5. The highest BCUT2D eigenvalue weighted by Crippen LogP contribution is 2.24. The Balaban J connectivity index is 1.52. The van der Waals surface area contributed by atoms with Gasteiger partial charge in [-0.3, -0.25) is 0 Å². The molecule has 1 aromatic carbocycles. The second-order valence-electron chi connectivity index (χ2n) is 7.30. The number of benzene rings is 1. The monoisotopic (exact) mass is 386 g/mol. The molecule has 5 rings (SSSR count). The van der Waals surface area contributed by atoms with E-state index in [1.165, 1.54) is 0 Å². The Bertz CT molecular complexity index is 1150. The van der Waals surface area contributed by atoms with E-state index in [4.69, 9.17) is 4.98 Å². The SMILES string of the molecule is Cc1c(-c2ccnc(N3CCN(C)CC3)n2)cnc2nc(-c3ccccc3)nn12. The van der Waals surface area contributed by atoms with E-state index in [9.17, 15) is 0 Å². The topological polar surface area (TPSA) is 75.3 Å². The second kappa shape index (κ2) is 7.21. The molecule has 1 fully saturated rings. The van der Waals surface area contributed by atoms with Crippen LogP contribution in [0.15, 0.2) is 48.8 Å². The van der Waals surface area contributed by atoms with Gasteiger partial charge in [0, 0.05) is 49.7 Å². The van der Waals surface area contributed by atoms with E-state index in [0.29, 0.717) is 11.6 Å². The number of nitrogens with zero attached hydrogens (tertiary/aromatic N) is 8. The predicted molar refractivity (Wildman–Crippen MR) is 112 cm³/mol. The summed E-state index contributed by atoms with van der Waals surface area (Å²) in [5.74, 6) is 2.01. The number of likely N-dealkylation sites (N-methyl/N-ethyl adjacent to an activating group) is 1. The van der Waals surface area contributed by atoms with Gasteiger partial charge in [-0.15, -0.1) is 5.10 Å². The summed E-state index contributed by atoms with van der Waals surface area (Å²) in [7, 11) is 2.14. The summed E-state index contributed by atoms with van der Waals surface area (Å²) < 4.78 is 1.79. The van der Waals surface area contributed by atoms with Gasteiger partial charge in [-0.05, 0) is 20.0 Å². The van der Waals surface area contributed by atoms with Crippen molar-refractivity contribution >= 4 is 11.7 Å². The van der Waals surface area contributed by atoms with Crippen molar-refractivity contribution in [1.29, 1.82) is 0 Å². The van der Waals surface area contributed by atoms with Crippen molar-refractivity contribution in [2.24, 2.45) is 0 Å². The molecule has 0 aliphatic carbocycles. The number of piperazine rings is 1. The molecule has 4 heterocycles. The average Bonchev–Trinajstić information content (AvgIpc) is 3.21. The lowest BCUT2D eigenvalue weighted by molar-refractivity contribution is 0.311. The van der Waals surface area contributed by atoms with Gasteiger partial charge in [0.05, 0.1) is 11.4 Å². The minimum Gasteiger partial charge on any atom is -0.338 e. The van der Waals surface area contributed by atoms with Crippen LogP contribution in [0.3, 0.4) is 0 Å². The molecule has 146 valence electrons. The van der Waals surface area contributed by atoms with Crippen LogP contribution in [0.1, 0.15) is 5.69 Å². The lowest BCUT2D eigenvalue weighted by atomic mass is 10.2. The van der Waals surface area contributed by atoms with Gasteiger partial charge in [-0.1, -0.05) is 30.3 Å². The summed E-state index contributed by atoms with van der Waals surface area (Å²) >= 11 is 0. The first-order chi connectivity index (χ1) is 14.2. The Kier molecular flexibility index (Phi) is 4.40. The number of aromatic nitrogens is 6. The molecule has 1 aliphatic heterocycles. The lowest BCUT2D eigenvalue weighted by Crippen LogP contribution is -2.45. The van der Waals surface area contributed by atoms with Crippen LogP contribution in [0.5, 0.6) is 0 Å². The van der Waals surface area contributed by atoms with Crippen LogP contribution in [0, 0.1) is 6.92 Å². The molecular formula is C21H22N8. The van der Waals surface area contributed by atoms with Gasteiger partial charge in [0.15, 0.2) is 5.82 Å². The smallest absolute Gasteiger partial charge is 0.252 e. The second-order valence-corrected chi connectivity index (χ2v) is 7.30. The van der Waals surface area contributed by atoms with Crippen LogP contribution in [-0.4, -0.2) is 67.7 Å². The Morgan fingerprint density at radius 3 is 2.48 bits per heavy atom. The number of fused-ring (bicyclic) bond motifs is 1. The highest BCUT2D eigenvalue weighted by molar-refractivity contribution is 5.64. The minimum atomic E-state index is 0.582.